The number of benzene rings is 6. The van der Waals surface area contributed by atoms with Crippen molar-refractivity contribution in [2.75, 3.05) is 19.5 Å². The van der Waals surface area contributed by atoms with Crippen molar-refractivity contribution in [1.29, 1.82) is 0 Å². The Balaban J connectivity index is 1.37. The molecule has 0 atom stereocenters. The summed E-state index contributed by atoms with van der Waals surface area (Å²) in [5, 5.41) is 4.46. The second-order valence-corrected chi connectivity index (χ2v) is 15.8. The van der Waals surface area contributed by atoms with E-state index < -0.39 is 10.0 Å². The predicted molar refractivity (Wildman–Crippen MR) is 194 cm³/mol. The molecule has 0 aliphatic heterocycles. The maximum atomic E-state index is 6.53. The zero-order chi connectivity index (χ0) is 31.1. The Morgan fingerprint density at radius 3 is 1.47 bits per heavy atom. The summed E-state index contributed by atoms with van der Waals surface area (Å²) in [4.78, 5) is 6.49. The first kappa shape index (κ1) is 31.1. The molecule has 0 fully saturated rings. The van der Waals surface area contributed by atoms with Gasteiger partial charge in [-0.05, 0) is 101 Å². The van der Waals surface area contributed by atoms with Crippen LogP contribution < -0.4 is 9.47 Å². The maximum Gasteiger partial charge on any atom is 0.135 e. The van der Waals surface area contributed by atoms with E-state index in [2.05, 4.69) is 147 Å². The standard InChI is InChI=1S/C41H42O2S2/c1-4-6-28-42-40-36-20-14-15-21-37(36)41(43-29-7-5-2)39-30-32(24-27-38(39)40)44-31-22-25-35(26-23-31)45(3,33-16-10-8-11-17-33)34-18-12-9-13-19-34/h8-27,30H,4-7,28-29H2,1-3H3. The Labute approximate surface area is 274 Å². The SMILES string of the molecule is CCCCOc1c2ccccc2c(OCCCC)c2cc(Sc3ccc(S(C)(c4ccccc4)c4ccccc4)cc3)ccc12. The van der Waals surface area contributed by atoms with Gasteiger partial charge < -0.3 is 9.47 Å². The highest BCUT2D eigenvalue weighted by atomic mass is 32.3. The van der Waals surface area contributed by atoms with Crippen molar-refractivity contribution in [3.05, 3.63) is 127 Å². The lowest BCUT2D eigenvalue weighted by molar-refractivity contribution is 0.311. The van der Waals surface area contributed by atoms with Gasteiger partial charge >= 0.3 is 0 Å². The van der Waals surface area contributed by atoms with Crippen molar-refractivity contribution in [2.24, 2.45) is 0 Å². The molecule has 6 aromatic carbocycles. The van der Waals surface area contributed by atoms with Gasteiger partial charge in [0, 0.05) is 31.3 Å². The average molecular weight is 631 g/mol. The zero-order valence-electron chi connectivity index (χ0n) is 26.5. The fraction of sp³-hybridized carbons (Fsp3) is 0.220. The van der Waals surface area contributed by atoms with Gasteiger partial charge in [-0.15, -0.1) is 0 Å². The molecule has 2 nitrogen and oxygen atoms in total. The highest BCUT2D eigenvalue weighted by Crippen LogP contribution is 2.65. The molecule has 45 heavy (non-hydrogen) atoms. The Morgan fingerprint density at radius 2 is 0.933 bits per heavy atom. The number of hydrogen-bond acceptors (Lipinski definition) is 3. The van der Waals surface area contributed by atoms with Crippen molar-refractivity contribution in [2.45, 2.75) is 64.0 Å². The van der Waals surface area contributed by atoms with Gasteiger partial charge in [0.1, 0.15) is 11.5 Å². The van der Waals surface area contributed by atoms with E-state index in [4.69, 9.17) is 9.47 Å². The topological polar surface area (TPSA) is 18.5 Å². The molecule has 0 bridgehead atoms. The maximum absolute atomic E-state index is 6.53. The van der Waals surface area contributed by atoms with Crippen LogP contribution in [0.15, 0.2) is 152 Å². The van der Waals surface area contributed by atoms with Crippen LogP contribution >= 0.6 is 21.8 Å². The van der Waals surface area contributed by atoms with E-state index >= 15 is 0 Å². The minimum Gasteiger partial charge on any atom is -0.492 e. The van der Waals surface area contributed by atoms with Gasteiger partial charge in [-0.2, -0.15) is 10.0 Å². The lowest BCUT2D eigenvalue weighted by atomic mass is 10.0. The summed E-state index contributed by atoms with van der Waals surface area (Å²) in [5.41, 5.74) is 0. The van der Waals surface area contributed by atoms with Crippen molar-refractivity contribution in [3.8, 4) is 11.5 Å². The number of rotatable bonds is 13. The molecule has 230 valence electrons. The molecule has 4 heteroatoms. The predicted octanol–water partition coefficient (Wildman–Crippen LogP) is 12.4. The van der Waals surface area contributed by atoms with E-state index in [1.807, 2.05) is 0 Å². The monoisotopic (exact) mass is 630 g/mol. The van der Waals surface area contributed by atoms with Gasteiger partial charge in [0.25, 0.3) is 0 Å². The van der Waals surface area contributed by atoms with Crippen LogP contribution in [0.3, 0.4) is 0 Å². The van der Waals surface area contributed by atoms with E-state index in [0.717, 1.165) is 58.7 Å². The van der Waals surface area contributed by atoms with E-state index in [9.17, 15) is 0 Å². The van der Waals surface area contributed by atoms with Crippen LogP contribution in [-0.4, -0.2) is 19.5 Å². The fourth-order valence-electron chi connectivity index (χ4n) is 5.80. The third-order valence-electron chi connectivity index (χ3n) is 8.35. The van der Waals surface area contributed by atoms with Crippen LogP contribution in [0.4, 0.5) is 0 Å². The molecule has 0 amide bonds. The average Bonchev–Trinajstić information content (AvgIpc) is 3.10. The molecule has 0 aliphatic rings. The van der Waals surface area contributed by atoms with Gasteiger partial charge in [-0.3, -0.25) is 0 Å². The van der Waals surface area contributed by atoms with Gasteiger partial charge in [-0.25, -0.2) is 0 Å². The third-order valence-corrected chi connectivity index (χ3v) is 13.0. The largest absolute Gasteiger partial charge is 0.492 e. The van der Waals surface area contributed by atoms with Crippen LogP contribution in [-0.2, 0) is 0 Å². The summed E-state index contributed by atoms with van der Waals surface area (Å²) in [6.45, 7) is 5.81. The van der Waals surface area contributed by atoms with E-state index in [1.165, 1.54) is 24.5 Å². The molecule has 0 aromatic heterocycles. The van der Waals surface area contributed by atoms with E-state index in [0.29, 0.717) is 13.2 Å². The Bertz CT molecular complexity index is 1810. The normalized spacial score (nSPS) is 12.0. The second-order valence-electron chi connectivity index (χ2n) is 11.4. The minimum atomic E-state index is -1.39. The van der Waals surface area contributed by atoms with Crippen LogP contribution in [0, 0.1) is 0 Å². The van der Waals surface area contributed by atoms with Gasteiger partial charge in [0.15, 0.2) is 0 Å². The lowest BCUT2D eigenvalue weighted by Gasteiger charge is -2.37. The van der Waals surface area contributed by atoms with Gasteiger partial charge in [0.05, 0.1) is 13.2 Å². The van der Waals surface area contributed by atoms with Gasteiger partial charge in [-0.1, -0.05) is 99.1 Å². The number of hydrogen-bond donors (Lipinski definition) is 0. The smallest absolute Gasteiger partial charge is 0.135 e. The number of ether oxygens (including phenoxy) is 2. The second kappa shape index (κ2) is 14.5. The summed E-state index contributed by atoms with van der Waals surface area (Å²) >= 11 is 1.80. The quantitative estimate of drug-likeness (QED) is 0.0934. The van der Waals surface area contributed by atoms with Gasteiger partial charge in [0.2, 0.25) is 0 Å². The van der Waals surface area contributed by atoms with Crippen LogP contribution in [0.1, 0.15) is 39.5 Å². The lowest BCUT2D eigenvalue weighted by Crippen LogP contribution is -2.02. The molecule has 6 aromatic rings. The van der Waals surface area contributed by atoms with E-state index in [-0.39, 0.29) is 0 Å². The molecule has 0 heterocycles. The molecule has 6 rings (SSSR count). The van der Waals surface area contributed by atoms with Crippen LogP contribution in [0.2, 0.25) is 0 Å². The Morgan fingerprint density at radius 1 is 0.489 bits per heavy atom. The summed E-state index contributed by atoms with van der Waals surface area (Å²) in [5.74, 6) is 1.92. The molecular weight excluding hydrogens is 589 g/mol. The summed E-state index contributed by atoms with van der Waals surface area (Å²) in [7, 11) is -1.39. The van der Waals surface area contributed by atoms with Crippen molar-refractivity contribution >= 4 is 43.3 Å². The summed E-state index contributed by atoms with van der Waals surface area (Å²) in [6.07, 6.45) is 6.67. The number of fused-ring (bicyclic) bond motifs is 2. The molecule has 0 unspecified atom stereocenters. The molecular formula is C41H42O2S2. The van der Waals surface area contributed by atoms with Crippen molar-refractivity contribution < 1.29 is 9.47 Å². The van der Waals surface area contributed by atoms with Crippen molar-refractivity contribution in [1.82, 2.24) is 0 Å². The summed E-state index contributed by atoms with van der Waals surface area (Å²) in [6, 6.07) is 46.3. The molecule has 0 N–H and O–H groups in total. The first-order valence-electron chi connectivity index (χ1n) is 16.0. The van der Waals surface area contributed by atoms with Crippen LogP contribution in [0.5, 0.6) is 11.5 Å². The summed E-state index contributed by atoms with van der Waals surface area (Å²) < 4.78 is 13.0. The zero-order valence-corrected chi connectivity index (χ0v) is 28.1. The Hall–Kier alpha value is -3.86. The molecule has 0 saturated heterocycles. The Kier molecular flexibility index (Phi) is 10.0. The van der Waals surface area contributed by atoms with Crippen molar-refractivity contribution in [3.63, 3.8) is 0 Å². The minimum absolute atomic E-state index is 0.703. The molecule has 0 aliphatic carbocycles. The highest BCUT2D eigenvalue weighted by Gasteiger charge is 2.25. The first-order chi connectivity index (χ1) is 22.1. The van der Waals surface area contributed by atoms with E-state index in [1.54, 1.807) is 11.8 Å². The number of unbranched alkanes of at least 4 members (excludes halogenated alkanes) is 2. The third kappa shape index (κ3) is 6.59. The highest BCUT2D eigenvalue weighted by molar-refractivity contribution is 8.33. The molecule has 0 radical (unpaired) electrons. The van der Waals surface area contributed by atoms with Crippen LogP contribution in [0.25, 0.3) is 21.5 Å². The molecule has 0 saturated carbocycles. The molecule has 0 spiro atoms. The fourth-order valence-corrected chi connectivity index (χ4v) is 9.56. The first-order valence-corrected chi connectivity index (χ1v) is 18.9.